The number of thioether (sulfide) groups is 1. The number of hydrogen-bond acceptors (Lipinski definition) is 5. The molecule has 1 aromatic heterocycles. The second-order valence-electron chi connectivity index (χ2n) is 3.06. The summed E-state index contributed by atoms with van der Waals surface area (Å²) in [6.45, 7) is 3.03. The lowest BCUT2D eigenvalue weighted by molar-refractivity contribution is 0.156. The van der Waals surface area contributed by atoms with Gasteiger partial charge in [0.15, 0.2) is 0 Å². The van der Waals surface area contributed by atoms with Gasteiger partial charge >= 0.3 is 5.69 Å². The van der Waals surface area contributed by atoms with Crippen molar-refractivity contribution in [3.63, 3.8) is 0 Å². The summed E-state index contributed by atoms with van der Waals surface area (Å²) < 4.78 is 6.47. The monoisotopic (exact) mass is 229 g/mol. The highest BCUT2D eigenvalue weighted by atomic mass is 32.2. The van der Waals surface area contributed by atoms with E-state index in [4.69, 9.17) is 10.5 Å². The van der Waals surface area contributed by atoms with Gasteiger partial charge in [-0.05, 0) is 13.0 Å². The summed E-state index contributed by atoms with van der Waals surface area (Å²) in [5.41, 5.74) is 5.34. The molecule has 5 nitrogen and oxygen atoms in total. The Morgan fingerprint density at radius 2 is 2.47 bits per heavy atom. The van der Waals surface area contributed by atoms with Crippen LogP contribution in [0, 0.1) is 0 Å². The number of nitrogens with zero attached hydrogens (tertiary/aromatic N) is 2. The van der Waals surface area contributed by atoms with E-state index in [1.54, 1.807) is 19.3 Å². The molecule has 1 aromatic rings. The maximum absolute atomic E-state index is 10.6. The van der Waals surface area contributed by atoms with Crippen molar-refractivity contribution in [2.45, 2.75) is 12.4 Å². The van der Waals surface area contributed by atoms with Crippen LogP contribution in [0.15, 0.2) is 17.1 Å². The molecular formula is C9H15N3O2S. The van der Waals surface area contributed by atoms with Crippen LogP contribution in [0.25, 0.3) is 0 Å². The Kier molecular flexibility index (Phi) is 4.64. The van der Waals surface area contributed by atoms with Crippen molar-refractivity contribution in [3.8, 4) is 0 Å². The van der Waals surface area contributed by atoms with Crippen LogP contribution in [0.5, 0.6) is 0 Å². The van der Waals surface area contributed by atoms with Crippen LogP contribution in [-0.2, 0) is 11.8 Å². The van der Waals surface area contributed by atoms with E-state index in [1.165, 1.54) is 10.3 Å². The van der Waals surface area contributed by atoms with Crippen LogP contribution < -0.4 is 11.4 Å². The van der Waals surface area contributed by atoms with Gasteiger partial charge in [-0.3, -0.25) is 0 Å². The molecule has 0 amide bonds. The summed E-state index contributed by atoms with van der Waals surface area (Å²) in [4.78, 5) is 14.1. The van der Waals surface area contributed by atoms with E-state index >= 15 is 0 Å². The minimum atomic E-state index is -0.324. The fourth-order valence-corrected chi connectivity index (χ4v) is 1.67. The minimum absolute atomic E-state index is 0.262. The molecule has 6 heteroatoms. The maximum atomic E-state index is 10.6. The van der Waals surface area contributed by atoms with Gasteiger partial charge in [-0.15, -0.1) is 11.8 Å². The predicted octanol–water partition coefficient (Wildman–Crippen LogP) is 0.458. The molecule has 1 unspecified atom stereocenters. The predicted molar refractivity (Wildman–Crippen MR) is 61.8 cm³/mol. The zero-order valence-electron chi connectivity index (χ0n) is 8.84. The zero-order chi connectivity index (χ0) is 11.3. The summed E-state index contributed by atoms with van der Waals surface area (Å²) in [5.74, 6) is 1.44. The summed E-state index contributed by atoms with van der Waals surface area (Å²) in [6, 6.07) is 1.57. The molecule has 2 heterocycles. The minimum Gasteiger partial charge on any atom is -0.383 e. The first-order valence-corrected chi connectivity index (χ1v) is 5.67. The Morgan fingerprint density at radius 1 is 1.73 bits per heavy atom. The highest BCUT2D eigenvalue weighted by Crippen LogP contribution is 2.17. The molecule has 1 saturated heterocycles. The van der Waals surface area contributed by atoms with Crippen molar-refractivity contribution in [1.29, 1.82) is 0 Å². The van der Waals surface area contributed by atoms with Gasteiger partial charge in [0.05, 0.1) is 6.61 Å². The molecule has 1 atom stereocenters. The molecule has 0 saturated carbocycles. The van der Waals surface area contributed by atoms with Crippen LogP contribution in [0.2, 0.25) is 0 Å². The van der Waals surface area contributed by atoms with Crippen LogP contribution in [0.3, 0.4) is 0 Å². The molecular weight excluding hydrogens is 214 g/mol. The van der Waals surface area contributed by atoms with E-state index in [0.717, 1.165) is 6.61 Å². The van der Waals surface area contributed by atoms with Crippen molar-refractivity contribution in [3.05, 3.63) is 22.7 Å². The Hall–Kier alpha value is -1.01. The number of rotatable bonds is 0. The molecule has 0 aromatic carbocycles. The summed E-state index contributed by atoms with van der Waals surface area (Å²) in [7, 11) is 1.62. The van der Waals surface area contributed by atoms with E-state index in [2.05, 4.69) is 11.9 Å². The molecule has 0 aliphatic carbocycles. The van der Waals surface area contributed by atoms with Gasteiger partial charge in [0.1, 0.15) is 11.3 Å². The Morgan fingerprint density at radius 3 is 2.80 bits per heavy atom. The second-order valence-corrected chi connectivity index (χ2v) is 4.46. The molecule has 0 bridgehead atoms. The van der Waals surface area contributed by atoms with Gasteiger partial charge in [-0.2, -0.15) is 4.98 Å². The first-order chi connectivity index (χ1) is 7.09. The largest absolute Gasteiger partial charge is 0.383 e. The lowest BCUT2D eigenvalue weighted by Gasteiger charge is -1.93. The standard InChI is InChI=1S/C5H7N3O.C4H8OS/c1-8-3-2-4(6)7-5(8)9;1-4-5-2-3-6-4/h2-3H,1H3,(H2,6,7,9);4H,2-3H2,1H3. The van der Waals surface area contributed by atoms with Crippen LogP contribution in [-0.4, -0.2) is 27.3 Å². The third-order valence-corrected chi connectivity index (χ3v) is 2.79. The Labute approximate surface area is 92.6 Å². The highest BCUT2D eigenvalue weighted by Gasteiger charge is 2.07. The van der Waals surface area contributed by atoms with E-state index < -0.39 is 0 Å². The summed E-state index contributed by atoms with van der Waals surface area (Å²) in [6.07, 6.45) is 1.57. The van der Waals surface area contributed by atoms with Gasteiger partial charge in [-0.1, -0.05) is 0 Å². The molecule has 0 spiro atoms. The molecule has 2 rings (SSSR count). The number of hydrogen-bond donors (Lipinski definition) is 1. The molecule has 1 aliphatic rings. The number of aryl methyl sites for hydroxylation is 1. The SMILES string of the molecule is CC1OCCS1.Cn1ccc(N)nc1=O. The van der Waals surface area contributed by atoms with Crippen molar-refractivity contribution in [2.24, 2.45) is 7.05 Å². The molecule has 84 valence electrons. The molecule has 15 heavy (non-hydrogen) atoms. The molecule has 1 aliphatic heterocycles. The van der Waals surface area contributed by atoms with Crippen molar-refractivity contribution in [1.82, 2.24) is 9.55 Å². The first kappa shape index (κ1) is 12.1. The zero-order valence-corrected chi connectivity index (χ0v) is 9.66. The normalized spacial score (nSPS) is 19.5. The van der Waals surface area contributed by atoms with E-state index in [9.17, 15) is 4.79 Å². The van der Waals surface area contributed by atoms with Crippen LogP contribution >= 0.6 is 11.8 Å². The van der Waals surface area contributed by atoms with Crippen molar-refractivity contribution >= 4 is 17.6 Å². The molecule has 1 fully saturated rings. The Bertz CT molecular complexity index is 361. The second kappa shape index (κ2) is 5.77. The van der Waals surface area contributed by atoms with Gasteiger partial charge < -0.3 is 15.0 Å². The third kappa shape index (κ3) is 4.35. The van der Waals surface area contributed by atoms with Gasteiger partial charge in [0.2, 0.25) is 0 Å². The third-order valence-electron chi connectivity index (χ3n) is 1.78. The van der Waals surface area contributed by atoms with E-state index in [0.29, 0.717) is 5.44 Å². The lowest BCUT2D eigenvalue weighted by atomic mass is 10.6. The average molecular weight is 229 g/mol. The van der Waals surface area contributed by atoms with Crippen LogP contribution in [0.1, 0.15) is 6.92 Å². The average Bonchev–Trinajstić information content (AvgIpc) is 2.64. The number of aromatic nitrogens is 2. The number of ether oxygens (including phenoxy) is 1. The fourth-order valence-electron chi connectivity index (χ4n) is 0.955. The lowest BCUT2D eigenvalue weighted by Crippen LogP contribution is -2.19. The highest BCUT2D eigenvalue weighted by molar-refractivity contribution is 7.99. The van der Waals surface area contributed by atoms with Gasteiger partial charge in [0, 0.05) is 19.0 Å². The quantitative estimate of drug-likeness (QED) is 0.699. The maximum Gasteiger partial charge on any atom is 0.349 e. The number of anilines is 1. The smallest absolute Gasteiger partial charge is 0.349 e. The van der Waals surface area contributed by atoms with Gasteiger partial charge in [0.25, 0.3) is 0 Å². The van der Waals surface area contributed by atoms with Crippen molar-refractivity contribution in [2.75, 3.05) is 18.1 Å². The Balaban J connectivity index is 0.000000162. The first-order valence-electron chi connectivity index (χ1n) is 4.62. The van der Waals surface area contributed by atoms with E-state index in [1.807, 2.05) is 11.8 Å². The fraction of sp³-hybridized carbons (Fsp3) is 0.556. The molecule has 0 radical (unpaired) electrons. The number of nitrogen functional groups attached to an aromatic ring is 1. The van der Waals surface area contributed by atoms with Crippen molar-refractivity contribution < 1.29 is 4.74 Å². The topological polar surface area (TPSA) is 70.1 Å². The van der Waals surface area contributed by atoms with Crippen LogP contribution in [0.4, 0.5) is 5.82 Å². The van der Waals surface area contributed by atoms with E-state index in [-0.39, 0.29) is 11.5 Å². The molecule has 2 N–H and O–H groups in total. The summed E-state index contributed by atoms with van der Waals surface area (Å²) >= 11 is 1.87. The van der Waals surface area contributed by atoms with Gasteiger partial charge in [-0.25, -0.2) is 4.79 Å². The summed E-state index contributed by atoms with van der Waals surface area (Å²) in [5, 5.41) is 0. The number of nitrogens with two attached hydrogens (primary N) is 1.